The predicted molar refractivity (Wildman–Crippen MR) is 86.7 cm³/mol. The van der Waals surface area contributed by atoms with Gasteiger partial charge in [0, 0.05) is 17.5 Å². The molecule has 21 heavy (non-hydrogen) atoms. The van der Waals surface area contributed by atoms with Gasteiger partial charge in [0.2, 0.25) is 0 Å². The molecule has 112 valence electrons. The summed E-state index contributed by atoms with van der Waals surface area (Å²) in [6, 6.07) is 6.53. The minimum absolute atomic E-state index is 0.528. The van der Waals surface area contributed by atoms with Crippen LogP contribution in [0.1, 0.15) is 25.7 Å². The van der Waals surface area contributed by atoms with Crippen molar-refractivity contribution < 1.29 is 9.47 Å². The number of amidine groups is 1. The van der Waals surface area contributed by atoms with E-state index < -0.39 is 0 Å². The molecule has 5 heteroatoms. The van der Waals surface area contributed by atoms with Crippen LogP contribution in [0.15, 0.2) is 23.2 Å². The standard InChI is InChI=1S/C16H20N2O2S/c1-2-4-13-11(3-1)10-21-16(18-13)17-12-5-6-14-15(9-12)20-8-7-19-14/h5-6,9,11,13H,1-4,7-8,10H2,(H,17,18). The van der Waals surface area contributed by atoms with E-state index in [1.807, 2.05) is 30.0 Å². The van der Waals surface area contributed by atoms with Crippen LogP contribution in [-0.2, 0) is 0 Å². The van der Waals surface area contributed by atoms with Crippen LogP contribution >= 0.6 is 11.8 Å². The van der Waals surface area contributed by atoms with Crippen molar-refractivity contribution in [1.82, 2.24) is 0 Å². The highest BCUT2D eigenvalue weighted by molar-refractivity contribution is 8.14. The summed E-state index contributed by atoms with van der Waals surface area (Å²) in [6.07, 6.45) is 5.30. The summed E-state index contributed by atoms with van der Waals surface area (Å²) in [4.78, 5) is 4.91. The maximum Gasteiger partial charge on any atom is 0.163 e. The monoisotopic (exact) mass is 304 g/mol. The van der Waals surface area contributed by atoms with Crippen molar-refractivity contribution >= 4 is 22.6 Å². The van der Waals surface area contributed by atoms with Gasteiger partial charge in [0.15, 0.2) is 16.7 Å². The summed E-state index contributed by atoms with van der Waals surface area (Å²) in [5.74, 6) is 3.64. The smallest absolute Gasteiger partial charge is 0.163 e. The Balaban J connectivity index is 1.49. The molecule has 4 rings (SSSR count). The minimum Gasteiger partial charge on any atom is -0.486 e. The number of ether oxygens (including phenoxy) is 2. The van der Waals surface area contributed by atoms with Gasteiger partial charge in [-0.1, -0.05) is 24.6 Å². The van der Waals surface area contributed by atoms with E-state index in [0.717, 1.165) is 28.3 Å². The third-order valence-corrected chi connectivity index (χ3v) is 5.46. The first-order valence-corrected chi connectivity index (χ1v) is 8.74. The zero-order valence-corrected chi connectivity index (χ0v) is 12.8. The van der Waals surface area contributed by atoms with Gasteiger partial charge < -0.3 is 14.8 Å². The van der Waals surface area contributed by atoms with Crippen LogP contribution in [0.3, 0.4) is 0 Å². The van der Waals surface area contributed by atoms with E-state index in [1.54, 1.807) is 0 Å². The van der Waals surface area contributed by atoms with Gasteiger partial charge in [-0.25, -0.2) is 0 Å². The van der Waals surface area contributed by atoms with E-state index in [2.05, 4.69) is 5.32 Å². The molecule has 0 saturated heterocycles. The van der Waals surface area contributed by atoms with E-state index in [1.165, 1.54) is 31.4 Å². The van der Waals surface area contributed by atoms with Gasteiger partial charge in [0.1, 0.15) is 13.2 Å². The number of thioether (sulfide) groups is 1. The molecule has 3 aliphatic rings. The fourth-order valence-electron chi connectivity index (χ4n) is 3.24. The largest absolute Gasteiger partial charge is 0.486 e. The Bertz CT molecular complexity index is 561. The number of benzene rings is 1. The fourth-order valence-corrected chi connectivity index (χ4v) is 4.40. The number of hydrogen-bond donors (Lipinski definition) is 1. The molecule has 0 spiro atoms. The van der Waals surface area contributed by atoms with Crippen molar-refractivity contribution in [3.8, 4) is 11.5 Å². The molecule has 1 aliphatic carbocycles. The Morgan fingerprint density at radius 1 is 1.10 bits per heavy atom. The molecule has 2 atom stereocenters. The van der Waals surface area contributed by atoms with E-state index in [0.29, 0.717) is 19.3 Å². The minimum atomic E-state index is 0.528. The first-order chi connectivity index (χ1) is 10.4. The topological polar surface area (TPSA) is 42.9 Å². The van der Waals surface area contributed by atoms with Crippen molar-refractivity contribution in [1.29, 1.82) is 0 Å². The molecule has 0 radical (unpaired) electrons. The predicted octanol–water partition coefficient (Wildman–Crippen LogP) is 3.53. The van der Waals surface area contributed by atoms with E-state index in [9.17, 15) is 0 Å². The van der Waals surface area contributed by atoms with Gasteiger partial charge in [-0.15, -0.1) is 0 Å². The first kappa shape index (κ1) is 13.3. The summed E-state index contributed by atoms with van der Waals surface area (Å²) >= 11 is 1.85. The van der Waals surface area contributed by atoms with Gasteiger partial charge in [-0.3, -0.25) is 4.99 Å². The quantitative estimate of drug-likeness (QED) is 0.862. The van der Waals surface area contributed by atoms with Crippen molar-refractivity contribution in [2.75, 3.05) is 24.3 Å². The van der Waals surface area contributed by atoms with Crippen LogP contribution in [0.25, 0.3) is 0 Å². The lowest BCUT2D eigenvalue weighted by Gasteiger charge is -2.32. The fraction of sp³-hybridized carbons (Fsp3) is 0.562. The van der Waals surface area contributed by atoms with Crippen LogP contribution in [0.2, 0.25) is 0 Å². The highest BCUT2D eigenvalue weighted by atomic mass is 32.2. The molecular formula is C16H20N2O2S. The first-order valence-electron chi connectivity index (χ1n) is 7.76. The van der Waals surface area contributed by atoms with Crippen molar-refractivity contribution in [3.05, 3.63) is 18.2 Å². The number of nitrogens with zero attached hydrogens (tertiary/aromatic N) is 1. The third-order valence-electron chi connectivity index (χ3n) is 4.38. The van der Waals surface area contributed by atoms with Gasteiger partial charge in [-0.05, 0) is 30.9 Å². The molecule has 2 aliphatic heterocycles. The number of nitrogens with one attached hydrogen (secondary N) is 1. The second kappa shape index (κ2) is 5.79. The number of aliphatic imine (C=N–C) groups is 1. The molecule has 1 saturated carbocycles. The maximum atomic E-state index is 5.63. The zero-order valence-electron chi connectivity index (χ0n) is 12.0. The Labute approximate surface area is 129 Å². The zero-order chi connectivity index (χ0) is 14.1. The van der Waals surface area contributed by atoms with Gasteiger partial charge >= 0.3 is 0 Å². The van der Waals surface area contributed by atoms with Gasteiger partial charge in [-0.2, -0.15) is 0 Å². The third kappa shape index (κ3) is 2.84. The maximum absolute atomic E-state index is 5.63. The lowest BCUT2D eigenvalue weighted by Crippen LogP contribution is -2.31. The molecule has 2 unspecified atom stereocenters. The molecule has 2 heterocycles. The second-order valence-corrected chi connectivity index (χ2v) is 6.85. The molecule has 0 amide bonds. The Morgan fingerprint density at radius 3 is 2.90 bits per heavy atom. The highest BCUT2D eigenvalue weighted by Gasteiger charge is 2.29. The second-order valence-electron chi connectivity index (χ2n) is 5.84. The van der Waals surface area contributed by atoms with E-state index in [4.69, 9.17) is 14.5 Å². The van der Waals surface area contributed by atoms with Crippen molar-refractivity contribution in [2.45, 2.75) is 31.7 Å². The van der Waals surface area contributed by atoms with Crippen molar-refractivity contribution in [3.63, 3.8) is 0 Å². The Hall–Kier alpha value is -1.36. The van der Waals surface area contributed by atoms with Crippen molar-refractivity contribution in [2.24, 2.45) is 10.9 Å². The summed E-state index contributed by atoms with van der Waals surface area (Å²) in [6.45, 7) is 1.25. The lowest BCUT2D eigenvalue weighted by molar-refractivity contribution is 0.171. The summed E-state index contributed by atoms with van der Waals surface area (Å²) < 4.78 is 11.2. The Kier molecular flexibility index (Phi) is 3.67. The van der Waals surface area contributed by atoms with Crippen LogP contribution in [0.4, 0.5) is 5.69 Å². The van der Waals surface area contributed by atoms with Crippen LogP contribution in [-0.4, -0.2) is 30.2 Å². The summed E-state index contributed by atoms with van der Waals surface area (Å²) in [5.41, 5.74) is 1.03. The molecule has 1 fully saturated rings. The molecule has 1 aromatic carbocycles. The number of hydrogen-bond acceptors (Lipinski definition) is 5. The van der Waals surface area contributed by atoms with Crippen LogP contribution in [0, 0.1) is 5.92 Å². The molecule has 0 aromatic heterocycles. The lowest BCUT2D eigenvalue weighted by atomic mass is 9.86. The molecule has 1 aromatic rings. The van der Waals surface area contributed by atoms with E-state index in [-0.39, 0.29) is 0 Å². The highest BCUT2D eigenvalue weighted by Crippen LogP contribution is 2.36. The van der Waals surface area contributed by atoms with E-state index >= 15 is 0 Å². The summed E-state index contributed by atoms with van der Waals surface area (Å²) in [7, 11) is 0. The van der Waals surface area contributed by atoms with Crippen LogP contribution < -0.4 is 14.8 Å². The van der Waals surface area contributed by atoms with Gasteiger partial charge in [0.25, 0.3) is 0 Å². The number of rotatable bonds is 1. The number of anilines is 1. The molecule has 4 nitrogen and oxygen atoms in total. The molecule has 1 N–H and O–H groups in total. The summed E-state index contributed by atoms with van der Waals surface area (Å²) in [5, 5.41) is 4.49. The SMILES string of the molecule is c1cc2c(cc1NC1=NC3CCCCC3CS1)OCCO2. The van der Waals surface area contributed by atoms with Gasteiger partial charge in [0.05, 0.1) is 6.04 Å². The van der Waals surface area contributed by atoms with Crippen LogP contribution in [0.5, 0.6) is 11.5 Å². The molecular weight excluding hydrogens is 284 g/mol. The Morgan fingerprint density at radius 2 is 1.95 bits per heavy atom. The average Bonchev–Trinajstić information content (AvgIpc) is 2.55. The molecule has 0 bridgehead atoms. The average molecular weight is 304 g/mol. The normalized spacial score (nSPS) is 27.5. The number of fused-ring (bicyclic) bond motifs is 2.